The molecule has 0 aromatic heterocycles. The summed E-state index contributed by atoms with van der Waals surface area (Å²) in [6.07, 6.45) is 0.474. The van der Waals surface area contributed by atoms with Gasteiger partial charge < -0.3 is 0 Å². The maximum Gasteiger partial charge on any atom is 0.274 e. The first-order valence-electron chi connectivity index (χ1n) is 8.99. The number of nitrogens with zero attached hydrogens (tertiary/aromatic N) is 3. The monoisotopic (exact) mass is 449 g/mol. The van der Waals surface area contributed by atoms with Crippen LogP contribution in [-0.4, -0.2) is 21.6 Å². The van der Waals surface area contributed by atoms with Crippen LogP contribution in [0, 0.1) is 10.1 Å². The number of nitro groups is 1. The molecule has 3 aromatic carbocycles. The average Bonchev–Trinajstić information content (AvgIpc) is 3.20. The van der Waals surface area contributed by atoms with Gasteiger partial charge in [0.25, 0.3) is 11.6 Å². The second kappa shape index (κ2) is 7.97. The number of hydrogen-bond acceptors (Lipinski definition) is 4. The zero-order chi connectivity index (χ0) is 20.4. The Hall–Kier alpha value is -3.32. The van der Waals surface area contributed by atoms with E-state index in [4.69, 9.17) is 0 Å². The number of hydrogen-bond donors (Lipinski definition) is 0. The van der Waals surface area contributed by atoms with Crippen molar-refractivity contribution in [3.8, 4) is 0 Å². The summed E-state index contributed by atoms with van der Waals surface area (Å²) in [7, 11) is 0. The molecule has 144 valence electrons. The summed E-state index contributed by atoms with van der Waals surface area (Å²) in [5, 5.41) is 17.3. The van der Waals surface area contributed by atoms with E-state index in [9.17, 15) is 14.9 Å². The van der Waals surface area contributed by atoms with E-state index in [1.165, 1.54) is 17.1 Å². The highest BCUT2D eigenvalue weighted by Crippen LogP contribution is 2.35. The Morgan fingerprint density at radius 2 is 1.76 bits per heavy atom. The number of amides is 1. The summed E-state index contributed by atoms with van der Waals surface area (Å²) in [5.41, 5.74) is 2.86. The van der Waals surface area contributed by atoms with Crippen LogP contribution in [0.2, 0.25) is 0 Å². The quantitative estimate of drug-likeness (QED) is 0.397. The van der Waals surface area contributed by atoms with Crippen LogP contribution in [0.4, 0.5) is 5.69 Å². The molecular weight excluding hydrogens is 434 g/mol. The molecule has 0 fully saturated rings. The van der Waals surface area contributed by atoms with Gasteiger partial charge in [0.15, 0.2) is 0 Å². The maximum absolute atomic E-state index is 13.2. The van der Waals surface area contributed by atoms with E-state index in [0.717, 1.165) is 15.7 Å². The molecule has 0 radical (unpaired) electrons. The highest BCUT2D eigenvalue weighted by molar-refractivity contribution is 9.10. The molecule has 4 rings (SSSR count). The lowest BCUT2D eigenvalue weighted by molar-refractivity contribution is -0.384. The van der Waals surface area contributed by atoms with Gasteiger partial charge in [0.1, 0.15) is 0 Å². The third-order valence-corrected chi connectivity index (χ3v) is 5.31. The van der Waals surface area contributed by atoms with E-state index < -0.39 is 11.0 Å². The van der Waals surface area contributed by atoms with Gasteiger partial charge in [-0.25, -0.2) is 5.01 Å². The number of carbonyl (C=O) groups is 1. The van der Waals surface area contributed by atoms with Crippen molar-refractivity contribution in [3.05, 3.63) is 110 Å². The van der Waals surface area contributed by atoms with Crippen molar-refractivity contribution in [2.75, 3.05) is 0 Å². The molecule has 1 atom stereocenters. The van der Waals surface area contributed by atoms with Gasteiger partial charge in [0.2, 0.25) is 0 Å². The molecule has 0 saturated carbocycles. The van der Waals surface area contributed by atoms with Crippen LogP contribution in [0.15, 0.2) is 88.4 Å². The summed E-state index contributed by atoms with van der Waals surface area (Å²) < 4.78 is 0.951. The largest absolute Gasteiger partial charge is 0.274 e. The van der Waals surface area contributed by atoms with Gasteiger partial charge in [-0.1, -0.05) is 58.4 Å². The van der Waals surface area contributed by atoms with Gasteiger partial charge in [-0.2, -0.15) is 5.10 Å². The zero-order valence-electron chi connectivity index (χ0n) is 15.2. The zero-order valence-corrected chi connectivity index (χ0v) is 16.8. The van der Waals surface area contributed by atoms with Crippen LogP contribution in [0.1, 0.15) is 33.9 Å². The Morgan fingerprint density at radius 1 is 1.03 bits per heavy atom. The Labute approximate surface area is 175 Å². The minimum absolute atomic E-state index is 0.00768. The van der Waals surface area contributed by atoms with Gasteiger partial charge in [-0.15, -0.1) is 0 Å². The lowest BCUT2D eigenvalue weighted by Crippen LogP contribution is -2.27. The predicted molar refractivity (Wildman–Crippen MR) is 114 cm³/mol. The highest BCUT2D eigenvalue weighted by atomic mass is 79.9. The van der Waals surface area contributed by atoms with Gasteiger partial charge in [-0.05, 0) is 35.4 Å². The van der Waals surface area contributed by atoms with Crippen LogP contribution in [0.25, 0.3) is 0 Å². The van der Waals surface area contributed by atoms with Crippen molar-refractivity contribution in [3.63, 3.8) is 0 Å². The second-order valence-corrected chi connectivity index (χ2v) is 7.56. The van der Waals surface area contributed by atoms with E-state index in [1.807, 2.05) is 30.3 Å². The molecule has 0 bridgehead atoms. The molecule has 1 amide bonds. The number of halogens is 1. The van der Waals surface area contributed by atoms with E-state index >= 15 is 0 Å². The van der Waals surface area contributed by atoms with Crippen molar-refractivity contribution in [2.24, 2.45) is 5.10 Å². The van der Waals surface area contributed by atoms with Gasteiger partial charge in [0, 0.05) is 28.6 Å². The fraction of sp³-hybridized carbons (Fsp3) is 0.0909. The SMILES string of the molecule is O=C(c1ccccc1)N1N=C(c2ccc(Br)cc2)C[C@H]1c1cccc([N+](=O)[O-])c1. The van der Waals surface area contributed by atoms with Crippen LogP contribution >= 0.6 is 15.9 Å². The normalized spacial score (nSPS) is 15.8. The third-order valence-electron chi connectivity index (χ3n) is 4.78. The lowest BCUT2D eigenvalue weighted by Gasteiger charge is -2.22. The summed E-state index contributed by atoms with van der Waals surface area (Å²) in [5.74, 6) is -0.241. The molecule has 0 N–H and O–H groups in total. The Bertz CT molecular complexity index is 1100. The summed E-state index contributed by atoms with van der Waals surface area (Å²) in [6.45, 7) is 0. The van der Waals surface area contributed by atoms with Crippen LogP contribution in [0.5, 0.6) is 0 Å². The number of rotatable bonds is 4. The van der Waals surface area contributed by atoms with E-state index in [2.05, 4.69) is 21.0 Å². The van der Waals surface area contributed by atoms with Crippen molar-refractivity contribution >= 4 is 33.2 Å². The van der Waals surface area contributed by atoms with Crippen LogP contribution in [0.3, 0.4) is 0 Å². The average molecular weight is 450 g/mol. The van der Waals surface area contributed by atoms with Crippen molar-refractivity contribution < 1.29 is 9.72 Å². The molecule has 0 aliphatic carbocycles. The predicted octanol–water partition coefficient (Wildman–Crippen LogP) is 5.35. The molecule has 0 spiro atoms. The number of hydrazone groups is 1. The van der Waals surface area contributed by atoms with Crippen molar-refractivity contribution in [1.82, 2.24) is 5.01 Å². The summed E-state index contributed by atoms with van der Waals surface area (Å²) in [6, 6.07) is 22.6. The first-order chi connectivity index (χ1) is 14.0. The van der Waals surface area contributed by atoms with Crippen molar-refractivity contribution in [1.29, 1.82) is 0 Å². The molecule has 7 heteroatoms. The van der Waals surface area contributed by atoms with Crippen LogP contribution < -0.4 is 0 Å². The van der Waals surface area contributed by atoms with E-state index in [0.29, 0.717) is 17.5 Å². The van der Waals surface area contributed by atoms with Gasteiger partial charge in [0.05, 0.1) is 16.7 Å². The Balaban J connectivity index is 1.75. The molecule has 3 aromatic rings. The smallest absolute Gasteiger partial charge is 0.267 e. The fourth-order valence-corrected chi connectivity index (χ4v) is 3.60. The summed E-state index contributed by atoms with van der Waals surface area (Å²) in [4.78, 5) is 23.9. The maximum atomic E-state index is 13.2. The second-order valence-electron chi connectivity index (χ2n) is 6.64. The number of nitro benzene ring substituents is 1. The number of carbonyl (C=O) groups excluding carboxylic acids is 1. The van der Waals surface area contributed by atoms with E-state index in [-0.39, 0.29) is 11.6 Å². The molecule has 1 heterocycles. The molecule has 1 aliphatic rings. The van der Waals surface area contributed by atoms with Gasteiger partial charge in [-0.3, -0.25) is 14.9 Å². The molecule has 0 unspecified atom stereocenters. The summed E-state index contributed by atoms with van der Waals surface area (Å²) >= 11 is 3.42. The third kappa shape index (κ3) is 3.95. The molecule has 0 saturated heterocycles. The fourth-order valence-electron chi connectivity index (χ4n) is 3.33. The van der Waals surface area contributed by atoms with Crippen molar-refractivity contribution in [2.45, 2.75) is 12.5 Å². The first-order valence-corrected chi connectivity index (χ1v) is 9.78. The minimum atomic E-state index is -0.432. The minimum Gasteiger partial charge on any atom is -0.267 e. The molecular formula is C22H16BrN3O3. The Kier molecular flexibility index (Phi) is 5.22. The highest BCUT2D eigenvalue weighted by Gasteiger charge is 2.34. The molecule has 1 aliphatic heterocycles. The van der Waals surface area contributed by atoms with Gasteiger partial charge >= 0.3 is 0 Å². The lowest BCUT2D eigenvalue weighted by atomic mass is 9.98. The van der Waals surface area contributed by atoms with E-state index in [1.54, 1.807) is 36.4 Å². The topological polar surface area (TPSA) is 75.8 Å². The first kappa shape index (κ1) is 19.0. The number of benzene rings is 3. The van der Waals surface area contributed by atoms with Crippen LogP contribution in [-0.2, 0) is 0 Å². The molecule has 6 nitrogen and oxygen atoms in total. The Morgan fingerprint density at radius 3 is 2.45 bits per heavy atom. The molecule has 29 heavy (non-hydrogen) atoms. The number of non-ortho nitro benzene ring substituents is 1. The standard InChI is InChI=1S/C22H16BrN3O3/c23-18-11-9-15(10-12-18)20-14-21(17-7-4-8-19(13-17)26(28)29)25(24-20)22(27)16-5-2-1-3-6-16/h1-13,21H,14H2/t21-/m0/s1.